The van der Waals surface area contributed by atoms with Gasteiger partial charge in [-0.25, -0.2) is 0 Å². The van der Waals surface area contributed by atoms with E-state index in [9.17, 15) is 0 Å². The predicted octanol–water partition coefficient (Wildman–Crippen LogP) is 4.56. The van der Waals surface area contributed by atoms with Crippen LogP contribution in [0.1, 0.15) is 5.56 Å². The van der Waals surface area contributed by atoms with Gasteiger partial charge in [0, 0.05) is 10.6 Å². The minimum Gasteiger partial charge on any atom is -0.411 e. The summed E-state index contributed by atoms with van der Waals surface area (Å²) in [5, 5.41) is 20.4. The van der Waals surface area contributed by atoms with Crippen LogP contribution in [0.25, 0.3) is 0 Å². The molecule has 0 amide bonds. The lowest BCUT2D eigenvalue weighted by molar-refractivity contribution is 0.322. The Kier molecular flexibility index (Phi) is 4.04. The lowest BCUT2D eigenvalue weighted by Crippen LogP contribution is -1.80. The van der Waals surface area contributed by atoms with Gasteiger partial charge in [-0.3, -0.25) is 0 Å². The van der Waals surface area contributed by atoms with Crippen molar-refractivity contribution in [3.8, 4) is 0 Å². The average molecular weight is 260 g/mol. The largest absolute Gasteiger partial charge is 0.411 e. The fourth-order valence-electron chi connectivity index (χ4n) is 1.37. The first-order valence-corrected chi connectivity index (χ1v) is 5.61. The van der Waals surface area contributed by atoms with E-state index in [0.29, 0.717) is 22.0 Å². The van der Waals surface area contributed by atoms with Crippen molar-refractivity contribution in [1.29, 1.82) is 0 Å². The second-order valence-corrected chi connectivity index (χ2v) is 3.92. The number of azo groups is 1. The van der Waals surface area contributed by atoms with E-state index in [1.165, 1.54) is 6.21 Å². The van der Waals surface area contributed by atoms with Crippen LogP contribution < -0.4 is 0 Å². The summed E-state index contributed by atoms with van der Waals surface area (Å²) in [6, 6.07) is 14.3. The Labute approximate surface area is 109 Å². The molecule has 0 atom stereocenters. The third-order valence-electron chi connectivity index (χ3n) is 2.23. The van der Waals surface area contributed by atoms with Gasteiger partial charge in [0.1, 0.15) is 0 Å². The van der Waals surface area contributed by atoms with Crippen LogP contribution in [-0.2, 0) is 0 Å². The van der Waals surface area contributed by atoms with Crippen molar-refractivity contribution >= 4 is 29.2 Å². The highest BCUT2D eigenvalue weighted by molar-refractivity contribution is 6.30. The number of nitrogens with zero attached hydrogens (tertiary/aromatic N) is 3. The van der Waals surface area contributed by atoms with Crippen molar-refractivity contribution < 1.29 is 5.21 Å². The lowest BCUT2D eigenvalue weighted by atomic mass is 10.2. The van der Waals surface area contributed by atoms with Crippen LogP contribution in [0.3, 0.4) is 0 Å². The monoisotopic (exact) mass is 259 g/mol. The summed E-state index contributed by atoms with van der Waals surface area (Å²) in [5.41, 5.74) is 2.03. The number of hydrogen-bond donors (Lipinski definition) is 1. The van der Waals surface area contributed by atoms with Crippen molar-refractivity contribution in [3.05, 3.63) is 59.1 Å². The van der Waals surface area contributed by atoms with Crippen molar-refractivity contribution in [2.75, 3.05) is 0 Å². The molecule has 0 aliphatic rings. The summed E-state index contributed by atoms with van der Waals surface area (Å²) in [6.45, 7) is 0. The van der Waals surface area contributed by atoms with E-state index < -0.39 is 0 Å². The van der Waals surface area contributed by atoms with Crippen molar-refractivity contribution in [3.63, 3.8) is 0 Å². The van der Waals surface area contributed by atoms with E-state index in [2.05, 4.69) is 15.4 Å². The van der Waals surface area contributed by atoms with Crippen LogP contribution in [0.5, 0.6) is 0 Å². The van der Waals surface area contributed by atoms with Gasteiger partial charge in [0.15, 0.2) is 0 Å². The summed E-state index contributed by atoms with van der Waals surface area (Å²) in [6.07, 6.45) is 1.32. The number of oxime groups is 1. The van der Waals surface area contributed by atoms with E-state index in [1.54, 1.807) is 36.4 Å². The zero-order valence-corrected chi connectivity index (χ0v) is 10.1. The summed E-state index contributed by atoms with van der Waals surface area (Å²) in [5.74, 6) is 0. The van der Waals surface area contributed by atoms with Gasteiger partial charge in [0.2, 0.25) is 0 Å². The van der Waals surface area contributed by atoms with Gasteiger partial charge in [0.05, 0.1) is 17.6 Å². The Morgan fingerprint density at radius 3 is 2.39 bits per heavy atom. The SMILES string of the molecule is ON=Cc1ccccc1N=Nc1ccc(Cl)cc1. The lowest BCUT2D eigenvalue weighted by Gasteiger charge is -1.97. The van der Waals surface area contributed by atoms with Gasteiger partial charge in [-0.2, -0.15) is 5.11 Å². The highest BCUT2D eigenvalue weighted by atomic mass is 35.5. The molecule has 2 rings (SSSR count). The van der Waals surface area contributed by atoms with Gasteiger partial charge in [0.25, 0.3) is 0 Å². The molecule has 0 bridgehead atoms. The Balaban J connectivity index is 2.25. The zero-order chi connectivity index (χ0) is 12.8. The Hall–Kier alpha value is -2.20. The van der Waals surface area contributed by atoms with Crippen LogP contribution in [0.15, 0.2) is 63.9 Å². The van der Waals surface area contributed by atoms with E-state index in [1.807, 2.05) is 12.1 Å². The summed E-state index contributed by atoms with van der Waals surface area (Å²) in [4.78, 5) is 0. The van der Waals surface area contributed by atoms with Crippen LogP contribution in [0, 0.1) is 0 Å². The molecule has 90 valence electrons. The number of benzene rings is 2. The zero-order valence-electron chi connectivity index (χ0n) is 9.36. The highest BCUT2D eigenvalue weighted by Crippen LogP contribution is 2.22. The number of halogens is 1. The minimum atomic E-state index is 0.630. The maximum Gasteiger partial charge on any atom is 0.0946 e. The molecule has 0 aliphatic heterocycles. The molecule has 0 saturated heterocycles. The number of hydrogen-bond acceptors (Lipinski definition) is 4. The second kappa shape index (κ2) is 5.93. The van der Waals surface area contributed by atoms with Crippen molar-refractivity contribution in [2.24, 2.45) is 15.4 Å². The molecule has 0 fully saturated rings. The molecular formula is C13H10ClN3O. The van der Waals surface area contributed by atoms with Crippen LogP contribution in [-0.4, -0.2) is 11.4 Å². The molecule has 0 heterocycles. The second-order valence-electron chi connectivity index (χ2n) is 3.48. The van der Waals surface area contributed by atoms with E-state index in [-0.39, 0.29) is 0 Å². The summed E-state index contributed by atoms with van der Waals surface area (Å²) < 4.78 is 0. The van der Waals surface area contributed by atoms with E-state index >= 15 is 0 Å². The quantitative estimate of drug-likeness (QED) is 0.373. The molecule has 0 saturated carbocycles. The van der Waals surface area contributed by atoms with E-state index in [0.717, 1.165) is 0 Å². The minimum absolute atomic E-state index is 0.630. The standard InChI is InChI=1S/C13H10ClN3O/c14-11-5-7-12(8-6-11)16-17-13-4-2-1-3-10(13)9-15-18/h1-9,18H. The molecule has 0 aliphatic carbocycles. The molecule has 5 heteroatoms. The van der Waals surface area contributed by atoms with Crippen LogP contribution in [0.2, 0.25) is 5.02 Å². The third-order valence-corrected chi connectivity index (χ3v) is 2.49. The van der Waals surface area contributed by atoms with Gasteiger partial charge >= 0.3 is 0 Å². The maximum absolute atomic E-state index is 8.54. The molecule has 0 unspecified atom stereocenters. The Bertz CT molecular complexity index is 579. The first kappa shape index (κ1) is 12.3. The Morgan fingerprint density at radius 1 is 0.944 bits per heavy atom. The molecule has 2 aromatic carbocycles. The smallest absolute Gasteiger partial charge is 0.0946 e. The fourth-order valence-corrected chi connectivity index (χ4v) is 1.50. The molecule has 4 nitrogen and oxygen atoms in total. The van der Waals surface area contributed by atoms with Gasteiger partial charge in [-0.15, -0.1) is 5.11 Å². The highest BCUT2D eigenvalue weighted by Gasteiger charge is 1.97. The van der Waals surface area contributed by atoms with Gasteiger partial charge < -0.3 is 5.21 Å². The number of rotatable bonds is 3. The average Bonchev–Trinajstić information content (AvgIpc) is 2.40. The first-order chi connectivity index (χ1) is 8.79. The topological polar surface area (TPSA) is 57.3 Å². The van der Waals surface area contributed by atoms with E-state index in [4.69, 9.17) is 16.8 Å². The van der Waals surface area contributed by atoms with Gasteiger partial charge in [-0.1, -0.05) is 35.0 Å². The van der Waals surface area contributed by atoms with Crippen LogP contribution >= 0.6 is 11.6 Å². The molecule has 1 N–H and O–H groups in total. The van der Waals surface area contributed by atoms with Crippen molar-refractivity contribution in [1.82, 2.24) is 0 Å². The molecule has 0 radical (unpaired) electrons. The third kappa shape index (κ3) is 3.15. The van der Waals surface area contributed by atoms with Crippen molar-refractivity contribution in [2.45, 2.75) is 0 Å². The normalized spacial score (nSPS) is 11.4. The summed E-state index contributed by atoms with van der Waals surface area (Å²) in [7, 11) is 0. The summed E-state index contributed by atoms with van der Waals surface area (Å²) >= 11 is 5.78. The molecule has 18 heavy (non-hydrogen) atoms. The Morgan fingerprint density at radius 2 is 1.67 bits per heavy atom. The predicted molar refractivity (Wildman–Crippen MR) is 71.5 cm³/mol. The fraction of sp³-hybridized carbons (Fsp3) is 0. The maximum atomic E-state index is 8.54. The van der Waals surface area contributed by atoms with Crippen LogP contribution in [0.4, 0.5) is 11.4 Å². The van der Waals surface area contributed by atoms with Gasteiger partial charge in [-0.05, 0) is 30.3 Å². The molecular weight excluding hydrogens is 250 g/mol. The first-order valence-electron chi connectivity index (χ1n) is 5.23. The molecule has 0 aromatic heterocycles. The molecule has 2 aromatic rings. The molecule has 0 spiro atoms.